The lowest BCUT2D eigenvalue weighted by Gasteiger charge is -2.13. The van der Waals surface area contributed by atoms with Gasteiger partial charge in [-0.15, -0.1) is 0 Å². The molecule has 0 amide bonds. The van der Waals surface area contributed by atoms with Crippen molar-refractivity contribution in [2.75, 3.05) is 14.2 Å². The number of aryl methyl sites for hydroxylation is 1. The molecule has 0 bridgehead atoms. The number of nitrogens with zero attached hydrogens (tertiary/aromatic N) is 2. The van der Waals surface area contributed by atoms with Crippen molar-refractivity contribution in [1.29, 1.82) is 5.26 Å². The molecule has 6 heteroatoms. The molecule has 2 N–H and O–H groups in total. The largest absolute Gasteiger partial charge is 0.497 e. The Bertz CT molecular complexity index is 1260. The number of benzene rings is 3. The first kappa shape index (κ1) is 19.6. The van der Waals surface area contributed by atoms with Crippen LogP contribution in [0, 0.1) is 24.1 Å². The highest BCUT2D eigenvalue weighted by Crippen LogP contribution is 2.36. The van der Waals surface area contributed by atoms with Crippen molar-refractivity contribution < 1.29 is 9.13 Å². The van der Waals surface area contributed by atoms with Gasteiger partial charge in [-0.2, -0.15) is 10.4 Å². The molecule has 30 heavy (non-hydrogen) atoms. The van der Waals surface area contributed by atoms with Crippen LogP contribution in [0.15, 0.2) is 48.5 Å². The van der Waals surface area contributed by atoms with Crippen molar-refractivity contribution in [2.45, 2.75) is 13.5 Å². The summed E-state index contributed by atoms with van der Waals surface area (Å²) in [6, 6.07) is 16.8. The lowest BCUT2D eigenvalue weighted by molar-refractivity contribution is 0.415. The molecule has 0 atom stereocenters. The Hall–Kier alpha value is -3.69. The third-order valence-corrected chi connectivity index (χ3v) is 5.16. The normalized spacial score (nSPS) is 10.9. The average Bonchev–Trinajstić information content (AvgIpc) is 3.16. The van der Waals surface area contributed by atoms with E-state index in [2.05, 4.69) is 21.6 Å². The number of ether oxygens (including phenoxy) is 1. The highest BCUT2D eigenvalue weighted by molar-refractivity contribution is 5.97. The van der Waals surface area contributed by atoms with Gasteiger partial charge in [-0.3, -0.25) is 5.10 Å². The van der Waals surface area contributed by atoms with Gasteiger partial charge in [0.2, 0.25) is 0 Å². The van der Waals surface area contributed by atoms with Crippen LogP contribution < -0.4 is 10.1 Å². The molecule has 0 saturated heterocycles. The van der Waals surface area contributed by atoms with Crippen molar-refractivity contribution in [2.24, 2.45) is 0 Å². The summed E-state index contributed by atoms with van der Waals surface area (Å²) in [6.07, 6.45) is 0. The Balaban J connectivity index is 1.94. The van der Waals surface area contributed by atoms with Gasteiger partial charge in [0.15, 0.2) is 0 Å². The zero-order valence-electron chi connectivity index (χ0n) is 17.0. The Morgan fingerprint density at radius 2 is 2.03 bits per heavy atom. The topological polar surface area (TPSA) is 73.7 Å². The third kappa shape index (κ3) is 3.40. The van der Waals surface area contributed by atoms with Gasteiger partial charge in [0.25, 0.3) is 0 Å². The molecule has 0 saturated carbocycles. The summed E-state index contributed by atoms with van der Waals surface area (Å²) < 4.78 is 20.4. The van der Waals surface area contributed by atoms with Gasteiger partial charge in [-0.05, 0) is 55.4 Å². The summed E-state index contributed by atoms with van der Waals surface area (Å²) in [5, 5.41) is 21.0. The Kier molecular flexibility index (Phi) is 5.21. The van der Waals surface area contributed by atoms with Gasteiger partial charge in [0.05, 0.1) is 24.3 Å². The minimum Gasteiger partial charge on any atom is -0.497 e. The summed E-state index contributed by atoms with van der Waals surface area (Å²) in [5.74, 6) is 0.377. The molecule has 5 nitrogen and oxygen atoms in total. The molecule has 3 aromatic carbocycles. The van der Waals surface area contributed by atoms with Crippen molar-refractivity contribution in [1.82, 2.24) is 15.5 Å². The summed E-state index contributed by atoms with van der Waals surface area (Å²) in [4.78, 5) is 0. The fourth-order valence-electron chi connectivity index (χ4n) is 3.82. The lowest BCUT2D eigenvalue weighted by Crippen LogP contribution is -2.06. The number of aromatic nitrogens is 2. The monoisotopic (exact) mass is 400 g/mol. The van der Waals surface area contributed by atoms with Crippen LogP contribution in [0.1, 0.15) is 16.7 Å². The van der Waals surface area contributed by atoms with Crippen LogP contribution in [0.4, 0.5) is 4.39 Å². The Labute approximate surface area is 174 Å². The van der Waals surface area contributed by atoms with E-state index >= 15 is 4.39 Å². The van der Waals surface area contributed by atoms with E-state index < -0.39 is 0 Å². The Morgan fingerprint density at radius 1 is 1.20 bits per heavy atom. The van der Waals surface area contributed by atoms with E-state index in [-0.39, 0.29) is 5.82 Å². The molecule has 0 unspecified atom stereocenters. The zero-order chi connectivity index (χ0) is 21.3. The quantitative estimate of drug-likeness (QED) is 0.497. The fraction of sp³-hybridized carbons (Fsp3) is 0.167. The number of hydrogen-bond donors (Lipinski definition) is 2. The minimum atomic E-state index is -0.345. The first-order valence-corrected chi connectivity index (χ1v) is 9.56. The van der Waals surface area contributed by atoms with Gasteiger partial charge in [-0.1, -0.05) is 18.2 Å². The molecule has 1 heterocycles. The molecule has 150 valence electrons. The third-order valence-electron chi connectivity index (χ3n) is 5.16. The van der Waals surface area contributed by atoms with Crippen molar-refractivity contribution in [3.8, 4) is 34.2 Å². The fourth-order valence-corrected chi connectivity index (χ4v) is 3.82. The van der Waals surface area contributed by atoms with Crippen molar-refractivity contribution in [3.05, 3.63) is 71.0 Å². The predicted molar refractivity (Wildman–Crippen MR) is 116 cm³/mol. The first-order chi connectivity index (χ1) is 14.5. The van der Waals surface area contributed by atoms with E-state index in [1.807, 2.05) is 50.4 Å². The second kappa shape index (κ2) is 7.97. The summed E-state index contributed by atoms with van der Waals surface area (Å²) in [7, 11) is 3.43. The van der Waals surface area contributed by atoms with E-state index in [4.69, 9.17) is 4.74 Å². The summed E-state index contributed by atoms with van der Waals surface area (Å²) in [5.41, 5.74) is 5.34. The maximum Gasteiger partial charge on any atom is 0.131 e. The summed E-state index contributed by atoms with van der Waals surface area (Å²) in [6.45, 7) is 2.44. The number of hydrogen-bond acceptors (Lipinski definition) is 4. The molecule has 0 aliphatic carbocycles. The molecule has 4 rings (SSSR count). The highest BCUT2D eigenvalue weighted by Gasteiger charge is 2.18. The van der Waals surface area contributed by atoms with Gasteiger partial charge < -0.3 is 10.1 Å². The SMILES string of the molecule is CNCc1cc(C)c(-c2cc3c(-c4cccc(OC)c4)n[nH]c3cc2C#N)c(F)c1. The maximum absolute atomic E-state index is 15.1. The highest BCUT2D eigenvalue weighted by atomic mass is 19.1. The lowest BCUT2D eigenvalue weighted by atomic mass is 9.92. The second-order valence-electron chi connectivity index (χ2n) is 7.16. The summed E-state index contributed by atoms with van der Waals surface area (Å²) >= 11 is 0. The number of fused-ring (bicyclic) bond motifs is 1. The number of rotatable bonds is 5. The number of halogens is 1. The molecule has 0 aliphatic rings. The number of nitrogens with one attached hydrogen (secondary N) is 2. The standard InChI is InChI=1S/C24H21FN4O/c1-14-7-15(13-27-2)8-21(25)23(14)19-11-20-22(10-17(19)12-26)28-29-24(20)16-5-4-6-18(9-16)30-3/h4-11,27H,13H2,1-3H3,(H,28,29). The molecular weight excluding hydrogens is 379 g/mol. The van der Waals surface area contributed by atoms with Gasteiger partial charge in [0.1, 0.15) is 17.3 Å². The van der Waals surface area contributed by atoms with Crippen LogP contribution in [-0.2, 0) is 6.54 Å². The molecular formula is C24H21FN4O. The van der Waals surface area contributed by atoms with Crippen LogP contribution in [0.2, 0.25) is 0 Å². The molecule has 0 fully saturated rings. The zero-order valence-corrected chi connectivity index (χ0v) is 17.0. The van der Waals surface area contributed by atoms with Crippen LogP contribution in [0.25, 0.3) is 33.3 Å². The smallest absolute Gasteiger partial charge is 0.131 e. The first-order valence-electron chi connectivity index (χ1n) is 9.56. The van der Waals surface area contributed by atoms with Gasteiger partial charge >= 0.3 is 0 Å². The molecule has 0 aliphatic heterocycles. The van der Waals surface area contributed by atoms with E-state index in [1.165, 1.54) is 6.07 Å². The van der Waals surface area contributed by atoms with E-state index in [9.17, 15) is 5.26 Å². The number of H-pyrrole nitrogens is 1. The second-order valence-corrected chi connectivity index (χ2v) is 7.16. The van der Waals surface area contributed by atoms with Crippen molar-refractivity contribution >= 4 is 10.9 Å². The molecule has 0 spiro atoms. The van der Waals surface area contributed by atoms with E-state index in [0.29, 0.717) is 23.2 Å². The van der Waals surface area contributed by atoms with Gasteiger partial charge in [-0.25, -0.2) is 4.39 Å². The van der Waals surface area contributed by atoms with Gasteiger partial charge in [0, 0.05) is 28.6 Å². The molecule has 1 aromatic heterocycles. The Morgan fingerprint density at radius 3 is 2.73 bits per heavy atom. The average molecular weight is 400 g/mol. The van der Waals surface area contributed by atoms with E-state index in [1.54, 1.807) is 13.2 Å². The van der Waals surface area contributed by atoms with Crippen LogP contribution in [0.3, 0.4) is 0 Å². The maximum atomic E-state index is 15.1. The number of methoxy groups -OCH3 is 1. The molecule has 0 radical (unpaired) electrons. The van der Waals surface area contributed by atoms with Crippen LogP contribution in [0.5, 0.6) is 5.75 Å². The van der Waals surface area contributed by atoms with Crippen LogP contribution in [-0.4, -0.2) is 24.4 Å². The predicted octanol–water partition coefficient (Wildman–Crippen LogP) is 4.94. The molecule has 4 aromatic rings. The number of aromatic amines is 1. The minimum absolute atomic E-state index is 0.345. The van der Waals surface area contributed by atoms with Crippen LogP contribution >= 0.6 is 0 Å². The van der Waals surface area contributed by atoms with E-state index in [0.717, 1.165) is 39.0 Å². The van der Waals surface area contributed by atoms with Crippen molar-refractivity contribution in [3.63, 3.8) is 0 Å². The number of nitriles is 1.